The van der Waals surface area contributed by atoms with Gasteiger partial charge in [0.1, 0.15) is 5.75 Å². The maximum Gasteiger partial charge on any atom is 0.189 e. The van der Waals surface area contributed by atoms with Crippen molar-refractivity contribution in [3.63, 3.8) is 0 Å². The zero-order valence-corrected chi connectivity index (χ0v) is 8.48. The van der Waals surface area contributed by atoms with E-state index in [9.17, 15) is 0 Å². The van der Waals surface area contributed by atoms with Crippen molar-refractivity contribution in [3.05, 3.63) is 27.2 Å². The summed E-state index contributed by atoms with van der Waals surface area (Å²) in [5, 5.41) is 0.690. The van der Waals surface area contributed by atoms with E-state index < -0.39 is 0 Å². The Morgan fingerprint density at radius 1 is 1.42 bits per heavy atom. The van der Waals surface area contributed by atoms with Crippen LogP contribution >= 0.6 is 27.5 Å². The molecule has 0 aliphatic carbocycles. The molecule has 0 bridgehead atoms. The van der Waals surface area contributed by atoms with E-state index in [2.05, 4.69) is 15.9 Å². The molecule has 0 saturated carbocycles. The molecule has 1 heterocycles. The van der Waals surface area contributed by atoms with Crippen molar-refractivity contribution in [3.8, 4) is 5.75 Å². The third kappa shape index (κ3) is 1.44. The van der Waals surface area contributed by atoms with Crippen LogP contribution in [0.25, 0.3) is 0 Å². The van der Waals surface area contributed by atoms with Crippen molar-refractivity contribution in [1.82, 2.24) is 0 Å². The smallest absolute Gasteiger partial charge is 0.189 e. The molecular weight excluding hydrogens is 243 g/mol. The third-order valence-electron chi connectivity index (χ3n) is 1.63. The van der Waals surface area contributed by atoms with Crippen molar-refractivity contribution >= 4 is 27.5 Å². The van der Waals surface area contributed by atoms with E-state index in [0.717, 1.165) is 15.8 Å². The summed E-state index contributed by atoms with van der Waals surface area (Å²) in [7, 11) is 0. The van der Waals surface area contributed by atoms with Crippen LogP contribution in [0.5, 0.6) is 5.75 Å². The SMILES string of the molecule is Clc1cc(Br)c2c(c1)COCO2. The van der Waals surface area contributed by atoms with Gasteiger partial charge in [0.2, 0.25) is 0 Å². The van der Waals surface area contributed by atoms with Crippen LogP contribution in [0.4, 0.5) is 0 Å². The Balaban J connectivity index is 2.53. The van der Waals surface area contributed by atoms with Gasteiger partial charge in [0.05, 0.1) is 11.1 Å². The minimum Gasteiger partial charge on any atom is -0.466 e. The lowest BCUT2D eigenvalue weighted by Crippen LogP contribution is -2.11. The molecule has 12 heavy (non-hydrogen) atoms. The van der Waals surface area contributed by atoms with Crippen LogP contribution in [-0.4, -0.2) is 6.79 Å². The standard InChI is InChI=1S/C8H6BrClO2/c9-7-2-6(10)1-5-3-11-4-12-8(5)7/h1-2H,3-4H2. The normalized spacial score (nSPS) is 15.2. The van der Waals surface area contributed by atoms with E-state index in [1.165, 1.54) is 0 Å². The maximum atomic E-state index is 5.84. The zero-order valence-electron chi connectivity index (χ0n) is 6.14. The quantitative estimate of drug-likeness (QED) is 0.704. The topological polar surface area (TPSA) is 18.5 Å². The molecule has 0 fully saturated rings. The molecule has 0 spiro atoms. The molecule has 0 radical (unpaired) electrons. The predicted molar refractivity (Wildman–Crippen MR) is 49.4 cm³/mol. The fraction of sp³-hybridized carbons (Fsp3) is 0.250. The molecule has 1 aromatic carbocycles. The summed E-state index contributed by atoms with van der Waals surface area (Å²) in [6.07, 6.45) is 0. The number of hydrogen-bond acceptors (Lipinski definition) is 2. The van der Waals surface area contributed by atoms with E-state index in [1.54, 1.807) is 0 Å². The minimum atomic E-state index is 0.313. The Kier molecular flexibility index (Phi) is 2.26. The van der Waals surface area contributed by atoms with Crippen LogP contribution in [-0.2, 0) is 11.3 Å². The summed E-state index contributed by atoms with van der Waals surface area (Å²) in [6.45, 7) is 0.877. The average Bonchev–Trinajstić information content (AvgIpc) is 2.04. The second kappa shape index (κ2) is 3.24. The monoisotopic (exact) mass is 248 g/mol. The third-order valence-corrected chi connectivity index (χ3v) is 2.44. The molecule has 1 aromatic rings. The lowest BCUT2D eigenvalue weighted by molar-refractivity contribution is -0.0169. The van der Waals surface area contributed by atoms with Crippen LogP contribution in [0.3, 0.4) is 0 Å². The molecule has 0 aromatic heterocycles. The highest BCUT2D eigenvalue weighted by Crippen LogP contribution is 2.34. The van der Waals surface area contributed by atoms with Crippen molar-refractivity contribution in [1.29, 1.82) is 0 Å². The summed E-state index contributed by atoms with van der Waals surface area (Å²) >= 11 is 9.21. The van der Waals surface area contributed by atoms with Crippen LogP contribution in [0.2, 0.25) is 5.02 Å². The van der Waals surface area contributed by atoms with Crippen molar-refractivity contribution in [2.24, 2.45) is 0 Å². The van der Waals surface area contributed by atoms with Gasteiger partial charge in [-0.3, -0.25) is 0 Å². The van der Waals surface area contributed by atoms with Gasteiger partial charge in [0, 0.05) is 10.6 Å². The first-order chi connectivity index (χ1) is 5.77. The largest absolute Gasteiger partial charge is 0.466 e. The Bertz CT molecular complexity index is 314. The molecule has 0 saturated heterocycles. The van der Waals surface area contributed by atoms with Gasteiger partial charge in [-0.2, -0.15) is 0 Å². The van der Waals surface area contributed by atoms with Crippen LogP contribution in [0.1, 0.15) is 5.56 Å². The Labute approximate surface area is 83.6 Å². The lowest BCUT2D eigenvalue weighted by Gasteiger charge is -2.18. The molecule has 1 aliphatic heterocycles. The van der Waals surface area contributed by atoms with Gasteiger partial charge in [-0.05, 0) is 28.1 Å². The van der Waals surface area contributed by atoms with Gasteiger partial charge in [-0.15, -0.1) is 0 Å². The first-order valence-electron chi connectivity index (χ1n) is 3.46. The van der Waals surface area contributed by atoms with Gasteiger partial charge in [-0.1, -0.05) is 11.6 Å². The number of rotatable bonds is 0. The predicted octanol–water partition coefficient (Wildman–Crippen LogP) is 2.97. The number of halogens is 2. The minimum absolute atomic E-state index is 0.313. The highest BCUT2D eigenvalue weighted by molar-refractivity contribution is 9.10. The summed E-state index contributed by atoms with van der Waals surface area (Å²) in [6, 6.07) is 3.66. The van der Waals surface area contributed by atoms with Crippen LogP contribution < -0.4 is 4.74 Å². The van der Waals surface area contributed by atoms with Crippen molar-refractivity contribution in [2.45, 2.75) is 6.61 Å². The zero-order chi connectivity index (χ0) is 8.55. The Morgan fingerprint density at radius 3 is 3.08 bits per heavy atom. The summed E-state index contributed by atoms with van der Waals surface area (Å²) in [4.78, 5) is 0. The highest BCUT2D eigenvalue weighted by Gasteiger charge is 2.14. The summed E-state index contributed by atoms with van der Waals surface area (Å²) in [5.74, 6) is 0.839. The van der Waals surface area contributed by atoms with Crippen molar-refractivity contribution in [2.75, 3.05) is 6.79 Å². The lowest BCUT2D eigenvalue weighted by atomic mass is 10.2. The van der Waals surface area contributed by atoms with Gasteiger partial charge in [0.25, 0.3) is 0 Å². The van der Waals surface area contributed by atoms with E-state index in [4.69, 9.17) is 21.1 Å². The number of ether oxygens (including phenoxy) is 2. The van der Waals surface area contributed by atoms with Crippen LogP contribution in [0.15, 0.2) is 16.6 Å². The molecule has 0 N–H and O–H groups in total. The van der Waals surface area contributed by atoms with Crippen molar-refractivity contribution < 1.29 is 9.47 Å². The van der Waals surface area contributed by atoms with E-state index >= 15 is 0 Å². The van der Waals surface area contributed by atoms with Gasteiger partial charge < -0.3 is 9.47 Å². The molecule has 0 atom stereocenters. The molecule has 2 nitrogen and oxygen atoms in total. The second-order valence-electron chi connectivity index (χ2n) is 2.49. The fourth-order valence-electron chi connectivity index (χ4n) is 1.13. The molecule has 4 heteroatoms. The summed E-state index contributed by atoms with van der Waals surface area (Å²) < 4.78 is 11.3. The molecule has 64 valence electrons. The number of benzene rings is 1. The first kappa shape index (κ1) is 8.35. The molecule has 0 amide bonds. The number of fused-ring (bicyclic) bond motifs is 1. The Hall–Kier alpha value is -0.250. The van der Waals surface area contributed by atoms with Gasteiger partial charge in [-0.25, -0.2) is 0 Å². The van der Waals surface area contributed by atoms with Gasteiger partial charge in [0.15, 0.2) is 6.79 Å². The van der Waals surface area contributed by atoms with Crippen LogP contribution in [0, 0.1) is 0 Å². The molecular formula is C8H6BrClO2. The fourth-order valence-corrected chi connectivity index (χ4v) is 2.12. The van der Waals surface area contributed by atoms with Gasteiger partial charge >= 0.3 is 0 Å². The molecule has 0 unspecified atom stereocenters. The van der Waals surface area contributed by atoms with E-state index in [-0.39, 0.29) is 0 Å². The maximum absolute atomic E-state index is 5.84. The second-order valence-corrected chi connectivity index (χ2v) is 3.78. The number of hydrogen-bond donors (Lipinski definition) is 0. The highest BCUT2D eigenvalue weighted by atomic mass is 79.9. The van der Waals surface area contributed by atoms with E-state index in [1.807, 2.05) is 12.1 Å². The first-order valence-corrected chi connectivity index (χ1v) is 4.63. The summed E-state index contributed by atoms with van der Waals surface area (Å²) in [5.41, 5.74) is 0.987. The molecule has 2 rings (SSSR count). The molecule has 1 aliphatic rings. The van der Waals surface area contributed by atoms with E-state index in [0.29, 0.717) is 18.4 Å². The Morgan fingerprint density at radius 2 is 2.25 bits per heavy atom. The average molecular weight is 249 g/mol.